The van der Waals surface area contributed by atoms with Crippen molar-refractivity contribution in [2.45, 2.75) is 38.6 Å². The molecule has 1 aromatic heterocycles. The maximum atomic E-state index is 5.44. The lowest BCUT2D eigenvalue weighted by Gasteiger charge is -1.99. The van der Waals surface area contributed by atoms with Crippen LogP contribution < -0.4 is 5.73 Å². The summed E-state index contributed by atoms with van der Waals surface area (Å²) in [6.07, 6.45) is 7.32. The van der Waals surface area contributed by atoms with Crippen LogP contribution >= 0.6 is 0 Å². The third-order valence-corrected chi connectivity index (χ3v) is 2.46. The second-order valence-electron chi connectivity index (χ2n) is 3.92. The first kappa shape index (κ1) is 13.1. The fourth-order valence-electron chi connectivity index (χ4n) is 1.53. The normalized spacial score (nSPS) is 10.9. The fraction of sp³-hybridized carbons (Fsp3) is 0.818. The highest BCUT2D eigenvalue weighted by Crippen LogP contribution is 2.01. The van der Waals surface area contributed by atoms with E-state index in [9.17, 15) is 0 Å². The first-order chi connectivity index (χ1) is 7.86. The molecule has 16 heavy (non-hydrogen) atoms. The molecule has 0 bridgehead atoms. The van der Waals surface area contributed by atoms with E-state index in [1.54, 1.807) is 7.11 Å². The molecule has 0 atom stereocenters. The Labute approximate surface area is 97.0 Å². The van der Waals surface area contributed by atoms with Gasteiger partial charge in [-0.15, -0.1) is 5.10 Å². The topological polar surface area (TPSA) is 66.0 Å². The van der Waals surface area contributed by atoms with Crippen molar-refractivity contribution in [3.63, 3.8) is 0 Å². The zero-order chi connectivity index (χ0) is 11.6. The molecule has 2 N–H and O–H groups in total. The van der Waals surface area contributed by atoms with Gasteiger partial charge in [0.2, 0.25) is 0 Å². The molecule has 0 aliphatic carbocycles. The molecule has 5 heteroatoms. The summed E-state index contributed by atoms with van der Waals surface area (Å²) in [5.41, 5.74) is 6.51. The Morgan fingerprint density at radius 1 is 1.31 bits per heavy atom. The van der Waals surface area contributed by atoms with E-state index >= 15 is 0 Å². The van der Waals surface area contributed by atoms with E-state index in [-0.39, 0.29) is 0 Å². The number of hydrogen-bond donors (Lipinski definition) is 1. The quantitative estimate of drug-likeness (QED) is 0.638. The summed E-state index contributed by atoms with van der Waals surface area (Å²) >= 11 is 0. The molecule has 0 saturated heterocycles. The SMILES string of the molecule is COCCCCn1cc(CCCCN)nn1. The molecule has 0 saturated carbocycles. The van der Waals surface area contributed by atoms with Crippen LogP contribution in [0.25, 0.3) is 0 Å². The van der Waals surface area contributed by atoms with Gasteiger partial charge >= 0.3 is 0 Å². The Bertz CT molecular complexity index is 275. The molecule has 0 unspecified atom stereocenters. The summed E-state index contributed by atoms with van der Waals surface area (Å²) in [6, 6.07) is 0. The van der Waals surface area contributed by atoms with E-state index in [4.69, 9.17) is 10.5 Å². The van der Waals surface area contributed by atoms with E-state index in [0.29, 0.717) is 0 Å². The molecule has 1 rings (SSSR count). The minimum absolute atomic E-state index is 0.755. The van der Waals surface area contributed by atoms with Gasteiger partial charge in [0.15, 0.2) is 0 Å². The van der Waals surface area contributed by atoms with Crippen molar-refractivity contribution in [1.29, 1.82) is 0 Å². The van der Waals surface area contributed by atoms with E-state index in [0.717, 1.165) is 57.5 Å². The van der Waals surface area contributed by atoms with Crippen LogP contribution in [0.4, 0.5) is 0 Å². The third kappa shape index (κ3) is 5.23. The van der Waals surface area contributed by atoms with Gasteiger partial charge in [0.05, 0.1) is 5.69 Å². The molecule has 0 amide bonds. The van der Waals surface area contributed by atoms with Crippen molar-refractivity contribution < 1.29 is 4.74 Å². The largest absolute Gasteiger partial charge is 0.385 e. The van der Waals surface area contributed by atoms with Gasteiger partial charge in [0.25, 0.3) is 0 Å². The number of methoxy groups -OCH3 is 1. The smallest absolute Gasteiger partial charge is 0.0827 e. The van der Waals surface area contributed by atoms with Crippen molar-refractivity contribution >= 4 is 0 Å². The first-order valence-electron chi connectivity index (χ1n) is 5.95. The van der Waals surface area contributed by atoms with Gasteiger partial charge in [0.1, 0.15) is 0 Å². The van der Waals surface area contributed by atoms with E-state index in [1.807, 2.05) is 10.9 Å². The van der Waals surface area contributed by atoms with Crippen LogP contribution in [-0.4, -0.2) is 35.3 Å². The summed E-state index contributed by atoms with van der Waals surface area (Å²) in [7, 11) is 1.73. The van der Waals surface area contributed by atoms with Crippen LogP contribution in [0, 0.1) is 0 Å². The van der Waals surface area contributed by atoms with Crippen molar-refractivity contribution in [3.05, 3.63) is 11.9 Å². The van der Waals surface area contributed by atoms with Crippen molar-refractivity contribution in [3.8, 4) is 0 Å². The first-order valence-corrected chi connectivity index (χ1v) is 5.95. The van der Waals surface area contributed by atoms with Crippen LogP contribution in [0.15, 0.2) is 6.20 Å². The van der Waals surface area contributed by atoms with E-state index in [2.05, 4.69) is 10.3 Å². The standard InChI is InChI=1S/C11H22N4O/c1-16-9-5-4-8-15-10-11(13-14-15)6-2-3-7-12/h10H,2-9,12H2,1H3. The number of nitrogens with two attached hydrogens (primary N) is 1. The molecule has 0 aliphatic heterocycles. The maximum Gasteiger partial charge on any atom is 0.0827 e. The number of hydrogen-bond acceptors (Lipinski definition) is 4. The average molecular weight is 226 g/mol. The summed E-state index contributed by atoms with van der Waals surface area (Å²) in [6.45, 7) is 2.50. The van der Waals surface area contributed by atoms with Crippen molar-refractivity contribution in [1.82, 2.24) is 15.0 Å². The predicted octanol–water partition coefficient (Wildman–Crippen LogP) is 0.986. The minimum atomic E-state index is 0.755. The average Bonchev–Trinajstić information content (AvgIpc) is 2.73. The van der Waals surface area contributed by atoms with Crippen LogP contribution in [0.3, 0.4) is 0 Å². The summed E-state index contributed by atoms with van der Waals surface area (Å²) < 4.78 is 6.90. The van der Waals surface area contributed by atoms with Crippen molar-refractivity contribution in [2.75, 3.05) is 20.3 Å². The van der Waals surface area contributed by atoms with Gasteiger partial charge in [0, 0.05) is 26.5 Å². The molecule has 1 heterocycles. The molecule has 1 aromatic rings. The molecule has 0 radical (unpaired) electrons. The highest BCUT2D eigenvalue weighted by molar-refractivity contribution is 4.92. The molecule has 0 fully saturated rings. The molecular formula is C11H22N4O. The molecular weight excluding hydrogens is 204 g/mol. The zero-order valence-corrected chi connectivity index (χ0v) is 10.1. The van der Waals surface area contributed by atoms with E-state index in [1.165, 1.54) is 0 Å². The number of nitrogens with zero attached hydrogens (tertiary/aromatic N) is 3. The Hall–Kier alpha value is -0.940. The lowest BCUT2D eigenvalue weighted by atomic mass is 10.2. The van der Waals surface area contributed by atoms with Gasteiger partial charge < -0.3 is 10.5 Å². The van der Waals surface area contributed by atoms with Gasteiger partial charge in [-0.1, -0.05) is 5.21 Å². The Morgan fingerprint density at radius 2 is 2.19 bits per heavy atom. The zero-order valence-electron chi connectivity index (χ0n) is 10.1. The molecule has 5 nitrogen and oxygen atoms in total. The van der Waals surface area contributed by atoms with E-state index < -0.39 is 0 Å². The Balaban J connectivity index is 2.17. The molecule has 0 aromatic carbocycles. The summed E-state index contributed by atoms with van der Waals surface area (Å²) in [4.78, 5) is 0. The number of rotatable bonds is 9. The van der Waals surface area contributed by atoms with Crippen LogP contribution in [0.5, 0.6) is 0 Å². The van der Waals surface area contributed by atoms with Gasteiger partial charge in [-0.2, -0.15) is 0 Å². The number of aryl methyl sites for hydroxylation is 2. The summed E-state index contributed by atoms with van der Waals surface area (Å²) in [5.74, 6) is 0. The second kappa shape index (κ2) is 8.24. The Kier molecular flexibility index (Phi) is 6.76. The van der Waals surface area contributed by atoms with Gasteiger partial charge in [-0.25, -0.2) is 0 Å². The fourth-order valence-corrected chi connectivity index (χ4v) is 1.53. The minimum Gasteiger partial charge on any atom is -0.385 e. The lowest BCUT2D eigenvalue weighted by Crippen LogP contribution is -2.00. The maximum absolute atomic E-state index is 5.44. The number of unbranched alkanes of at least 4 members (excludes halogenated alkanes) is 2. The van der Waals surface area contributed by atoms with Crippen LogP contribution in [-0.2, 0) is 17.7 Å². The number of ether oxygens (including phenoxy) is 1. The van der Waals surface area contributed by atoms with Crippen molar-refractivity contribution in [2.24, 2.45) is 5.73 Å². The Morgan fingerprint density at radius 3 is 2.94 bits per heavy atom. The van der Waals surface area contributed by atoms with Gasteiger partial charge in [-0.3, -0.25) is 4.68 Å². The van der Waals surface area contributed by atoms with Crippen LogP contribution in [0.1, 0.15) is 31.4 Å². The predicted molar refractivity (Wildman–Crippen MR) is 63.1 cm³/mol. The highest BCUT2D eigenvalue weighted by Gasteiger charge is 2.00. The summed E-state index contributed by atoms with van der Waals surface area (Å²) in [5, 5.41) is 8.21. The number of aromatic nitrogens is 3. The van der Waals surface area contributed by atoms with Crippen LogP contribution in [0.2, 0.25) is 0 Å². The second-order valence-corrected chi connectivity index (χ2v) is 3.92. The lowest BCUT2D eigenvalue weighted by molar-refractivity contribution is 0.191. The monoisotopic (exact) mass is 226 g/mol. The molecule has 92 valence electrons. The molecule has 0 aliphatic rings. The highest BCUT2D eigenvalue weighted by atomic mass is 16.5. The third-order valence-electron chi connectivity index (χ3n) is 2.46. The molecule has 0 spiro atoms. The van der Waals surface area contributed by atoms with Gasteiger partial charge in [-0.05, 0) is 38.6 Å².